The van der Waals surface area contributed by atoms with E-state index in [2.05, 4.69) is 6.58 Å². The number of rotatable bonds is 9. The zero-order chi connectivity index (χ0) is 21.4. The summed E-state index contributed by atoms with van der Waals surface area (Å²) in [5.74, 6) is -1.27. The second-order valence-electron chi connectivity index (χ2n) is 7.14. The van der Waals surface area contributed by atoms with E-state index in [0.29, 0.717) is 31.5 Å². The quantitative estimate of drug-likeness (QED) is 0.264. The van der Waals surface area contributed by atoms with Gasteiger partial charge in [0.25, 0.3) is 5.69 Å². The summed E-state index contributed by atoms with van der Waals surface area (Å²) in [6.45, 7) is 7.57. The number of carbonyl (C=O) groups is 2. The molecule has 1 aromatic rings. The van der Waals surface area contributed by atoms with Crippen LogP contribution < -0.4 is 4.90 Å². The number of esters is 2. The average Bonchev–Trinajstić information content (AvgIpc) is 2.71. The smallest absolute Gasteiger partial charge is 0.349 e. The van der Waals surface area contributed by atoms with Gasteiger partial charge in [-0.1, -0.05) is 32.1 Å². The number of nitrogens with zero attached hydrogens (tertiary/aromatic N) is 2. The van der Waals surface area contributed by atoms with Crippen LogP contribution in [0.5, 0.6) is 0 Å². The lowest BCUT2D eigenvalue weighted by Gasteiger charge is -2.36. The van der Waals surface area contributed by atoms with Crippen LogP contribution in [0.3, 0.4) is 0 Å². The number of carbonyl (C=O) groups excluding carboxylic acids is 2. The molecule has 0 bridgehead atoms. The van der Waals surface area contributed by atoms with Crippen molar-refractivity contribution in [3.8, 4) is 0 Å². The van der Waals surface area contributed by atoms with Crippen LogP contribution in [-0.4, -0.2) is 35.7 Å². The van der Waals surface area contributed by atoms with Crippen molar-refractivity contribution in [2.75, 3.05) is 11.4 Å². The molecular formula is C21H28N2O6. The topological polar surface area (TPSA) is 99.0 Å². The van der Waals surface area contributed by atoms with Gasteiger partial charge in [-0.05, 0) is 38.7 Å². The number of ether oxygens (including phenoxy) is 2. The van der Waals surface area contributed by atoms with Crippen LogP contribution in [0.25, 0.3) is 0 Å². The van der Waals surface area contributed by atoms with Crippen molar-refractivity contribution < 1.29 is 24.0 Å². The molecule has 0 aromatic heterocycles. The highest BCUT2D eigenvalue weighted by atomic mass is 16.6. The van der Waals surface area contributed by atoms with Gasteiger partial charge in [-0.2, -0.15) is 0 Å². The fourth-order valence-electron chi connectivity index (χ4n) is 3.21. The fraction of sp³-hybridized carbons (Fsp3) is 0.524. The largest absolute Gasteiger partial charge is 0.447 e. The molecule has 0 saturated carbocycles. The van der Waals surface area contributed by atoms with Gasteiger partial charge in [-0.25, -0.2) is 9.59 Å². The molecule has 8 nitrogen and oxygen atoms in total. The molecule has 2 atom stereocenters. The van der Waals surface area contributed by atoms with Crippen molar-refractivity contribution in [2.24, 2.45) is 0 Å². The van der Waals surface area contributed by atoms with E-state index in [9.17, 15) is 19.7 Å². The number of unbranched alkanes of at least 4 members (excludes halogenated alkanes) is 1. The molecule has 1 heterocycles. The van der Waals surface area contributed by atoms with E-state index in [1.165, 1.54) is 13.0 Å². The Morgan fingerprint density at radius 2 is 2.07 bits per heavy atom. The molecule has 1 fully saturated rings. The lowest BCUT2D eigenvalue weighted by Crippen LogP contribution is -2.45. The summed E-state index contributed by atoms with van der Waals surface area (Å²) in [5.41, 5.74) is 0.587. The third-order valence-electron chi connectivity index (χ3n) is 4.77. The Labute approximate surface area is 170 Å². The Hall–Kier alpha value is -2.90. The van der Waals surface area contributed by atoms with Gasteiger partial charge in [0.1, 0.15) is 5.69 Å². The zero-order valence-corrected chi connectivity index (χ0v) is 17.0. The van der Waals surface area contributed by atoms with Crippen LogP contribution in [0.15, 0.2) is 36.4 Å². The highest BCUT2D eigenvalue weighted by Gasteiger charge is 2.33. The molecule has 2 rings (SSSR count). The molecule has 29 heavy (non-hydrogen) atoms. The maximum atomic E-state index is 12.8. The maximum absolute atomic E-state index is 12.8. The monoisotopic (exact) mass is 404 g/mol. The van der Waals surface area contributed by atoms with Gasteiger partial charge in [0, 0.05) is 24.6 Å². The van der Waals surface area contributed by atoms with Gasteiger partial charge < -0.3 is 14.4 Å². The maximum Gasteiger partial charge on any atom is 0.349 e. The Bertz CT molecular complexity index is 763. The van der Waals surface area contributed by atoms with E-state index in [1.54, 1.807) is 23.1 Å². The van der Waals surface area contributed by atoms with Gasteiger partial charge in [0.2, 0.25) is 0 Å². The van der Waals surface area contributed by atoms with Crippen LogP contribution in [-0.2, 0) is 19.1 Å². The third kappa shape index (κ3) is 6.04. The first kappa shape index (κ1) is 22.4. The number of anilines is 1. The Morgan fingerprint density at radius 1 is 1.34 bits per heavy atom. The SMILES string of the molecule is C=C(C)C(=O)OC(CCCC)C(=O)OC1CCCCN1c1ccccc1[N+](=O)[O-]. The second kappa shape index (κ2) is 10.6. The summed E-state index contributed by atoms with van der Waals surface area (Å²) < 4.78 is 11.0. The first-order chi connectivity index (χ1) is 13.8. The molecular weight excluding hydrogens is 376 g/mol. The predicted molar refractivity (Wildman–Crippen MR) is 108 cm³/mol. The number of nitro benzene ring substituents is 1. The highest BCUT2D eigenvalue weighted by molar-refractivity contribution is 5.89. The van der Waals surface area contributed by atoms with Crippen LogP contribution in [0.1, 0.15) is 52.4 Å². The van der Waals surface area contributed by atoms with E-state index in [4.69, 9.17) is 9.47 Å². The minimum atomic E-state index is -1.02. The highest BCUT2D eigenvalue weighted by Crippen LogP contribution is 2.33. The minimum Gasteiger partial charge on any atom is -0.447 e. The zero-order valence-electron chi connectivity index (χ0n) is 17.0. The first-order valence-electron chi connectivity index (χ1n) is 9.92. The molecule has 0 amide bonds. The van der Waals surface area contributed by atoms with Gasteiger partial charge in [0.05, 0.1) is 4.92 Å². The Morgan fingerprint density at radius 3 is 2.72 bits per heavy atom. The predicted octanol–water partition coefficient (Wildman–Crippen LogP) is 4.13. The number of para-hydroxylation sites is 2. The van der Waals surface area contributed by atoms with E-state index >= 15 is 0 Å². The van der Waals surface area contributed by atoms with Gasteiger partial charge >= 0.3 is 11.9 Å². The lowest BCUT2D eigenvalue weighted by molar-refractivity contribution is -0.384. The molecule has 1 aromatic carbocycles. The minimum absolute atomic E-state index is 0.0355. The molecule has 8 heteroatoms. The number of nitro groups is 1. The van der Waals surface area contributed by atoms with Gasteiger partial charge in [0.15, 0.2) is 12.3 Å². The van der Waals surface area contributed by atoms with Crippen LogP contribution >= 0.6 is 0 Å². The molecule has 0 spiro atoms. The molecule has 1 aliphatic rings. The van der Waals surface area contributed by atoms with Crippen molar-refractivity contribution in [3.05, 3.63) is 46.5 Å². The summed E-state index contributed by atoms with van der Waals surface area (Å²) in [5, 5.41) is 11.4. The lowest BCUT2D eigenvalue weighted by atomic mass is 10.1. The van der Waals surface area contributed by atoms with Crippen LogP contribution in [0, 0.1) is 10.1 Å². The summed E-state index contributed by atoms with van der Waals surface area (Å²) in [6, 6.07) is 6.40. The number of benzene rings is 1. The molecule has 0 radical (unpaired) electrons. The Balaban J connectivity index is 2.19. The van der Waals surface area contributed by atoms with Gasteiger partial charge in [-0.3, -0.25) is 10.1 Å². The van der Waals surface area contributed by atoms with E-state index in [-0.39, 0.29) is 11.3 Å². The fourth-order valence-corrected chi connectivity index (χ4v) is 3.21. The molecule has 0 aliphatic carbocycles. The van der Waals surface area contributed by atoms with Gasteiger partial charge in [-0.15, -0.1) is 0 Å². The molecule has 1 aliphatic heterocycles. The normalized spacial score (nSPS) is 17.3. The summed E-state index contributed by atoms with van der Waals surface area (Å²) in [7, 11) is 0. The summed E-state index contributed by atoms with van der Waals surface area (Å²) in [4.78, 5) is 37.4. The van der Waals surface area contributed by atoms with Crippen molar-refractivity contribution in [3.63, 3.8) is 0 Å². The molecule has 158 valence electrons. The number of hydrogen-bond acceptors (Lipinski definition) is 7. The Kier molecular flexibility index (Phi) is 8.18. The van der Waals surface area contributed by atoms with Crippen LogP contribution in [0.4, 0.5) is 11.4 Å². The van der Waals surface area contributed by atoms with Crippen molar-refractivity contribution >= 4 is 23.3 Å². The van der Waals surface area contributed by atoms with Crippen molar-refractivity contribution in [2.45, 2.75) is 64.7 Å². The van der Waals surface area contributed by atoms with Crippen LogP contribution in [0.2, 0.25) is 0 Å². The van der Waals surface area contributed by atoms with E-state index in [1.807, 2.05) is 6.92 Å². The van der Waals surface area contributed by atoms with E-state index < -0.39 is 29.2 Å². The second-order valence-corrected chi connectivity index (χ2v) is 7.14. The van der Waals surface area contributed by atoms with Crippen molar-refractivity contribution in [1.82, 2.24) is 0 Å². The standard InChI is InChI=1S/C21H28N2O6/c1-4-5-12-18(28-20(24)15(2)3)21(25)29-19-13-8-9-14-22(19)16-10-6-7-11-17(16)23(26)27/h6-7,10-11,18-19H,2,4-5,8-9,12-14H2,1,3H3. The summed E-state index contributed by atoms with van der Waals surface area (Å²) in [6.07, 6.45) is 2.43. The summed E-state index contributed by atoms with van der Waals surface area (Å²) >= 11 is 0. The average molecular weight is 404 g/mol. The molecule has 2 unspecified atom stereocenters. The van der Waals surface area contributed by atoms with Crippen molar-refractivity contribution in [1.29, 1.82) is 0 Å². The number of hydrogen-bond donors (Lipinski definition) is 0. The van der Waals surface area contributed by atoms with E-state index in [0.717, 1.165) is 19.3 Å². The molecule has 1 saturated heterocycles. The third-order valence-corrected chi connectivity index (χ3v) is 4.77. The number of piperidine rings is 1. The first-order valence-corrected chi connectivity index (χ1v) is 9.92. The molecule has 0 N–H and O–H groups in total.